The van der Waals surface area contributed by atoms with E-state index in [0.29, 0.717) is 17.4 Å². The number of quaternary nitrogens is 1. The van der Waals surface area contributed by atoms with Gasteiger partial charge in [-0.2, -0.15) is 0 Å². The van der Waals surface area contributed by atoms with E-state index in [1.54, 1.807) is 0 Å². The Hall–Kier alpha value is -2.03. The summed E-state index contributed by atoms with van der Waals surface area (Å²) in [5, 5.41) is 3.06. The molecule has 0 heterocycles. The van der Waals surface area contributed by atoms with Gasteiger partial charge in [-0.05, 0) is 70.3 Å². The lowest BCUT2D eigenvalue weighted by atomic mass is 10.0. The van der Waals surface area contributed by atoms with Crippen LogP contribution in [0.2, 0.25) is 0 Å². The van der Waals surface area contributed by atoms with E-state index in [4.69, 9.17) is 13.8 Å². The van der Waals surface area contributed by atoms with Gasteiger partial charge in [0.15, 0.2) is 0 Å². The summed E-state index contributed by atoms with van der Waals surface area (Å²) in [7, 11) is 1.20. The Labute approximate surface area is 560 Å². The molecule has 0 saturated carbocycles. The van der Waals surface area contributed by atoms with Gasteiger partial charge in [-0.1, -0.05) is 365 Å². The first kappa shape index (κ1) is 88.0. The number of likely N-dealkylation sites (N-methyl/N-ethyl adjacent to an activating group) is 1. The number of esters is 1. The molecule has 3 unspecified atom stereocenters. The van der Waals surface area contributed by atoms with Crippen molar-refractivity contribution in [1.29, 1.82) is 0 Å². The number of rotatable bonds is 73. The number of hydrogen-bond donors (Lipinski definition) is 1. The fraction of sp³-hybridized carbons (Fsp3) is 0.875. The van der Waals surface area contributed by atoms with Crippen LogP contribution in [0.25, 0.3) is 0 Å². The van der Waals surface area contributed by atoms with Gasteiger partial charge in [0.1, 0.15) is 19.3 Å². The fourth-order valence-corrected chi connectivity index (χ4v) is 12.7. The number of unbranched alkanes of at least 4 members (excludes halogenated alkanes) is 51. The van der Waals surface area contributed by atoms with Gasteiger partial charge >= 0.3 is 5.97 Å². The molecule has 0 aromatic carbocycles. The molecule has 0 rings (SSSR count). The van der Waals surface area contributed by atoms with Crippen molar-refractivity contribution in [3.63, 3.8) is 0 Å². The van der Waals surface area contributed by atoms with Crippen LogP contribution in [0.4, 0.5) is 0 Å². The first-order valence-electron chi connectivity index (χ1n) is 39.4. The topological polar surface area (TPSA) is 114 Å². The molecule has 0 fully saturated rings. The lowest BCUT2D eigenvalue weighted by Gasteiger charge is -2.30. The first-order valence-corrected chi connectivity index (χ1v) is 40.9. The van der Waals surface area contributed by atoms with Crippen molar-refractivity contribution >= 4 is 19.7 Å². The van der Waals surface area contributed by atoms with Crippen molar-refractivity contribution in [1.82, 2.24) is 5.32 Å². The minimum absolute atomic E-state index is 0.0199. The van der Waals surface area contributed by atoms with E-state index < -0.39 is 20.0 Å². The minimum atomic E-state index is -4.71. The molecular formula is C80H153N2O7P. The molecule has 3 atom stereocenters. The number of amides is 1. The van der Waals surface area contributed by atoms with Crippen LogP contribution in [0.15, 0.2) is 48.6 Å². The molecule has 1 amide bonds. The van der Waals surface area contributed by atoms with E-state index in [2.05, 4.69) is 62.5 Å². The molecule has 0 bridgehead atoms. The van der Waals surface area contributed by atoms with E-state index in [9.17, 15) is 19.0 Å². The third-order valence-corrected chi connectivity index (χ3v) is 19.0. The molecule has 0 spiro atoms. The summed E-state index contributed by atoms with van der Waals surface area (Å²) in [6.07, 6.45) is 89.7. The van der Waals surface area contributed by atoms with Crippen LogP contribution in [0.1, 0.15) is 400 Å². The highest BCUT2D eigenvalue weighted by molar-refractivity contribution is 7.45. The van der Waals surface area contributed by atoms with Gasteiger partial charge < -0.3 is 28.5 Å². The molecule has 0 aromatic rings. The summed E-state index contributed by atoms with van der Waals surface area (Å²) in [6.45, 7) is 6.89. The summed E-state index contributed by atoms with van der Waals surface area (Å²) >= 11 is 0. The third-order valence-electron chi connectivity index (χ3n) is 18.0. The molecule has 530 valence electrons. The van der Waals surface area contributed by atoms with Crippen LogP contribution < -0.4 is 10.2 Å². The molecule has 10 heteroatoms. The molecule has 0 aliphatic rings. The van der Waals surface area contributed by atoms with Gasteiger partial charge in [0, 0.05) is 12.8 Å². The average molecular weight is 1290 g/mol. The van der Waals surface area contributed by atoms with Crippen molar-refractivity contribution < 1.29 is 37.3 Å². The highest BCUT2D eigenvalue weighted by Gasteiger charge is 2.27. The van der Waals surface area contributed by atoms with Crippen LogP contribution >= 0.6 is 7.82 Å². The normalized spacial score (nSPS) is 13.6. The fourth-order valence-electron chi connectivity index (χ4n) is 11.9. The summed E-state index contributed by atoms with van der Waals surface area (Å²) in [4.78, 5) is 40.3. The number of carbonyl (C=O) groups excluding carboxylic acids is 2. The third kappa shape index (κ3) is 70.3. The van der Waals surface area contributed by atoms with Gasteiger partial charge in [-0.3, -0.25) is 14.2 Å². The molecule has 9 nitrogen and oxygen atoms in total. The number of ether oxygens (including phenoxy) is 1. The number of phosphoric acid groups is 1. The average Bonchev–Trinajstić information content (AvgIpc) is 3.04. The Balaban J connectivity index is 4.91. The molecular weight excluding hydrogens is 1130 g/mol. The second-order valence-electron chi connectivity index (χ2n) is 28.2. The minimum Gasteiger partial charge on any atom is -0.756 e. The van der Waals surface area contributed by atoms with Crippen LogP contribution in [0.3, 0.4) is 0 Å². The summed E-state index contributed by atoms with van der Waals surface area (Å²) in [6, 6.07) is -0.887. The molecule has 90 heavy (non-hydrogen) atoms. The van der Waals surface area contributed by atoms with Crippen molar-refractivity contribution in [2.75, 3.05) is 40.9 Å². The monoisotopic (exact) mass is 1290 g/mol. The number of carbonyl (C=O) groups is 2. The van der Waals surface area contributed by atoms with Gasteiger partial charge in [0.2, 0.25) is 5.91 Å². The van der Waals surface area contributed by atoms with Crippen molar-refractivity contribution in [3.05, 3.63) is 48.6 Å². The molecule has 0 radical (unpaired) electrons. The van der Waals surface area contributed by atoms with Crippen molar-refractivity contribution in [3.8, 4) is 0 Å². The first-order chi connectivity index (χ1) is 43.9. The predicted molar refractivity (Wildman–Crippen MR) is 390 cm³/mol. The lowest BCUT2D eigenvalue weighted by Crippen LogP contribution is -2.47. The van der Waals surface area contributed by atoms with Gasteiger partial charge in [0.25, 0.3) is 7.82 Å². The zero-order valence-corrected chi connectivity index (χ0v) is 61.8. The van der Waals surface area contributed by atoms with E-state index in [-0.39, 0.29) is 31.5 Å². The molecule has 1 N–H and O–H groups in total. The summed E-state index contributed by atoms with van der Waals surface area (Å²) < 4.78 is 30.5. The summed E-state index contributed by atoms with van der Waals surface area (Å²) in [5.74, 6) is -0.519. The second-order valence-corrected chi connectivity index (χ2v) is 29.6. The van der Waals surface area contributed by atoms with Crippen molar-refractivity contribution in [2.24, 2.45) is 0 Å². The predicted octanol–water partition coefficient (Wildman–Crippen LogP) is 24.9. The Bertz CT molecular complexity index is 1680. The maximum absolute atomic E-state index is 13.6. The van der Waals surface area contributed by atoms with Crippen molar-refractivity contribution in [2.45, 2.75) is 412 Å². The number of nitrogens with one attached hydrogen (secondary N) is 1. The molecule has 0 saturated heterocycles. The van der Waals surface area contributed by atoms with E-state index in [1.807, 2.05) is 33.3 Å². The van der Waals surface area contributed by atoms with Crippen LogP contribution in [-0.4, -0.2) is 69.4 Å². The smallest absolute Gasteiger partial charge is 0.306 e. The maximum atomic E-state index is 13.6. The Morgan fingerprint density at radius 2 is 0.678 bits per heavy atom. The number of hydrogen-bond acceptors (Lipinski definition) is 7. The SMILES string of the molecule is CCCCC/C=C\C/C=C\C/C=C\CCCCCCCCCCCCCCCCC(=O)NC(COP(=O)([O-])OCC[N+](C)(C)C)C(/C=C/CCCCCCCCCCCC)OC(=O)CCCCCCCCCCCCCCCCCCCCCCCCCCC. The van der Waals surface area contributed by atoms with Gasteiger partial charge in [0.05, 0.1) is 33.8 Å². The maximum Gasteiger partial charge on any atom is 0.306 e. The van der Waals surface area contributed by atoms with E-state index in [0.717, 1.165) is 70.6 Å². The van der Waals surface area contributed by atoms with Gasteiger partial charge in [-0.25, -0.2) is 0 Å². The number of nitrogens with zero attached hydrogens (tertiary/aromatic N) is 1. The van der Waals surface area contributed by atoms with E-state index >= 15 is 0 Å². The number of phosphoric ester groups is 1. The second kappa shape index (κ2) is 69.8. The molecule has 0 aliphatic carbocycles. The number of allylic oxidation sites excluding steroid dienone is 7. The van der Waals surface area contributed by atoms with Crippen LogP contribution in [0.5, 0.6) is 0 Å². The highest BCUT2D eigenvalue weighted by atomic mass is 31.2. The molecule has 0 aromatic heterocycles. The quantitative estimate of drug-likeness (QED) is 0.0212. The zero-order valence-electron chi connectivity index (χ0n) is 60.9. The molecule has 0 aliphatic heterocycles. The zero-order chi connectivity index (χ0) is 65.6. The lowest BCUT2D eigenvalue weighted by molar-refractivity contribution is -0.870. The standard InChI is InChI=1S/C80H153N2O7P/c1-7-10-13-16-19-22-25-28-30-32-34-36-38-40-41-43-44-46-48-50-52-54-57-60-63-66-69-72-79(83)81-77(76-88-90(85,86)87-75-74-82(4,5)6)78(71-68-65-62-59-56-27-24-21-18-15-12-9-3)89-80(84)73-70-67-64-61-58-55-53-51-49-47-45-42-39-37-35-33-31-29-26-23-20-17-14-11-8-2/h19,22,28,30,34,36,68,71,77-78H,7-18,20-21,23-27,29,31-33,35,37-67,69-70,72-76H2,1-6H3,(H-,81,83,85,86)/b22-19-,30-28-,36-34-,71-68+. The van der Waals surface area contributed by atoms with Gasteiger partial charge in [-0.15, -0.1) is 0 Å². The Kier molecular flexibility index (Phi) is 68.2. The van der Waals surface area contributed by atoms with Crippen LogP contribution in [-0.2, 0) is 27.9 Å². The Morgan fingerprint density at radius 3 is 1.03 bits per heavy atom. The summed E-state index contributed by atoms with van der Waals surface area (Å²) in [5.41, 5.74) is 0. The van der Waals surface area contributed by atoms with Crippen LogP contribution in [0, 0.1) is 0 Å². The van der Waals surface area contributed by atoms with E-state index in [1.165, 1.54) is 295 Å². The largest absolute Gasteiger partial charge is 0.756 e. The Morgan fingerprint density at radius 1 is 0.389 bits per heavy atom. The highest BCUT2D eigenvalue weighted by Crippen LogP contribution is 2.38.